The predicted octanol–water partition coefficient (Wildman–Crippen LogP) is 5.42. The van der Waals surface area contributed by atoms with Crippen LogP contribution < -0.4 is 14.7 Å². The molecule has 3 heterocycles. The summed E-state index contributed by atoms with van der Waals surface area (Å²) in [6.45, 7) is 9.09. The first-order chi connectivity index (χ1) is 19.6. The van der Waals surface area contributed by atoms with Crippen LogP contribution >= 0.6 is 0 Å². The van der Waals surface area contributed by atoms with Crippen molar-refractivity contribution in [1.29, 1.82) is 0 Å². The van der Waals surface area contributed by atoms with Gasteiger partial charge in [0.25, 0.3) is 0 Å². The van der Waals surface area contributed by atoms with E-state index in [1.165, 1.54) is 24.4 Å². The molecule has 41 heavy (non-hydrogen) atoms. The van der Waals surface area contributed by atoms with Gasteiger partial charge in [0, 0.05) is 30.0 Å². The van der Waals surface area contributed by atoms with E-state index in [-0.39, 0.29) is 31.1 Å². The van der Waals surface area contributed by atoms with Crippen molar-refractivity contribution in [2.45, 2.75) is 39.7 Å². The summed E-state index contributed by atoms with van der Waals surface area (Å²) in [6.07, 6.45) is 1.77. The molecule has 0 saturated carbocycles. The maximum atomic E-state index is 13.4. The zero-order valence-corrected chi connectivity index (χ0v) is 24.8. The van der Waals surface area contributed by atoms with E-state index in [1.54, 1.807) is 42.9 Å². The molecule has 0 unspecified atom stereocenters. The number of methoxy groups -OCH3 is 1. The number of hydrogen-bond acceptors (Lipinski definition) is 8. The Labute approximate surface area is 239 Å². The topological polar surface area (TPSA) is 97.6 Å². The lowest BCUT2D eigenvalue weighted by molar-refractivity contribution is -0.152. The fourth-order valence-electron chi connectivity index (χ4n) is 4.53. The van der Waals surface area contributed by atoms with Gasteiger partial charge in [0.05, 0.1) is 20.6 Å². The Morgan fingerprint density at radius 1 is 1.10 bits per heavy atom. The molecule has 11 heteroatoms. The summed E-state index contributed by atoms with van der Waals surface area (Å²) in [4.78, 5) is 21.1. The van der Waals surface area contributed by atoms with Gasteiger partial charge in [-0.25, -0.2) is 9.37 Å². The number of esters is 1. The Bertz CT molecular complexity index is 1540. The summed E-state index contributed by atoms with van der Waals surface area (Å²) in [5, 5.41) is 5.91. The van der Waals surface area contributed by atoms with E-state index in [4.69, 9.17) is 29.0 Å². The van der Waals surface area contributed by atoms with Gasteiger partial charge in [-0.2, -0.15) is 9.67 Å². The molecule has 0 saturated heterocycles. The Morgan fingerprint density at radius 2 is 1.85 bits per heavy atom. The van der Waals surface area contributed by atoms with Crippen LogP contribution in [0.15, 0.2) is 60.8 Å². The van der Waals surface area contributed by atoms with E-state index in [9.17, 15) is 9.18 Å². The highest BCUT2D eigenvalue weighted by atomic mass is 28.3. The standard InChI is InChI=1S/C30H33FN4O5Si/c1-30(2,28(36)37-3)18-39-26-13-7-21(17-32-26)20-6-12-24-25(16-20)41(4,5)15-14-38-19-35-29(33-27(24)34-35)40-23-10-8-22(31)9-11-23/h6-13,16-17H,14-15,18-19H2,1-5H3. The molecule has 0 atom stereocenters. The van der Waals surface area contributed by atoms with Crippen molar-refractivity contribution in [3.63, 3.8) is 0 Å². The van der Waals surface area contributed by atoms with Crippen molar-refractivity contribution < 1.29 is 28.1 Å². The van der Waals surface area contributed by atoms with Crippen LogP contribution in [0.25, 0.3) is 22.5 Å². The van der Waals surface area contributed by atoms with Gasteiger partial charge in [-0.15, -0.1) is 5.10 Å². The number of ether oxygens (including phenoxy) is 4. The molecule has 2 bridgehead atoms. The van der Waals surface area contributed by atoms with Crippen LogP contribution in [0, 0.1) is 11.2 Å². The summed E-state index contributed by atoms with van der Waals surface area (Å²) < 4.78 is 37.5. The number of fused-ring (bicyclic) bond motifs is 4. The third-order valence-corrected chi connectivity index (χ3v) is 10.4. The maximum absolute atomic E-state index is 13.4. The fraction of sp³-hybridized carbons (Fsp3) is 0.333. The van der Waals surface area contributed by atoms with Crippen molar-refractivity contribution in [2.75, 3.05) is 20.3 Å². The number of nitrogens with zero attached hydrogens (tertiary/aromatic N) is 4. The van der Waals surface area contributed by atoms with Gasteiger partial charge in [-0.05, 0) is 61.0 Å². The Kier molecular flexibility index (Phi) is 7.92. The van der Waals surface area contributed by atoms with Crippen molar-refractivity contribution in [3.8, 4) is 40.2 Å². The molecule has 2 aromatic carbocycles. The number of halogens is 1. The Balaban J connectivity index is 1.44. The minimum Gasteiger partial charge on any atom is -0.476 e. The van der Waals surface area contributed by atoms with E-state index < -0.39 is 13.5 Å². The number of carbonyl (C=O) groups excluding carboxylic acids is 1. The first-order valence-electron chi connectivity index (χ1n) is 13.3. The second-order valence-corrected chi connectivity index (χ2v) is 16.1. The molecule has 0 aliphatic carbocycles. The number of rotatable bonds is 7. The molecule has 9 nitrogen and oxygen atoms in total. The summed E-state index contributed by atoms with van der Waals surface area (Å²) >= 11 is 0. The molecule has 0 amide bonds. The van der Waals surface area contributed by atoms with Crippen molar-refractivity contribution in [1.82, 2.24) is 19.7 Å². The fourth-order valence-corrected chi connectivity index (χ4v) is 6.92. The lowest BCUT2D eigenvalue weighted by atomic mass is 9.95. The highest BCUT2D eigenvalue weighted by Gasteiger charge is 2.31. The third kappa shape index (κ3) is 6.31. The van der Waals surface area contributed by atoms with Gasteiger partial charge in [0.1, 0.15) is 24.9 Å². The molecule has 0 spiro atoms. The monoisotopic (exact) mass is 576 g/mol. The molecule has 0 N–H and O–H groups in total. The number of pyridine rings is 1. The van der Waals surface area contributed by atoms with Crippen molar-refractivity contribution in [2.24, 2.45) is 5.41 Å². The summed E-state index contributed by atoms with van der Waals surface area (Å²) in [5.74, 6) is 0.753. The van der Waals surface area contributed by atoms with Gasteiger partial charge < -0.3 is 18.9 Å². The molecule has 4 aromatic rings. The van der Waals surface area contributed by atoms with Crippen LogP contribution in [0.3, 0.4) is 0 Å². The second-order valence-electron chi connectivity index (χ2n) is 11.3. The Morgan fingerprint density at radius 3 is 2.56 bits per heavy atom. The van der Waals surface area contributed by atoms with Crippen LogP contribution in [-0.4, -0.2) is 54.1 Å². The summed E-state index contributed by atoms with van der Waals surface area (Å²) in [7, 11) is -0.615. The minimum atomic E-state index is -1.98. The average molecular weight is 577 g/mol. The third-order valence-electron chi connectivity index (χ3n) is 7.12. The van der Waals surface area contributed by atoms with E-state index in [0.29, 0.717) is 24.1 Å². The first-order valence-corrected chi connectivity index (χ1v) is 16.5. The van der Waals surface area contributed by atoms with E-state index in [0.717, 1.165) is 22.7 Å². The molecule has 0 radical (unpaired) electrons. The largest absolute Gasteiger partial charge is 0.476 e. The number of carbonyl (C=O) groups is 1. The minimum absolute atomic E-state index is 0.152. The molecule has 2 aromatic heterocycles. The van der Waals surface area contributed by atoms with Crippen LogP contribution in [0.4, 0.5) is 4.39 Å². The zero-order chi connectivity index (χ0) is 29.2. The summed E-state index contributed by atoms with van der Waals surface area (Å²) in [5.41, 5.74) is 2.11. The molecular formula is C30H33FN4O5Si. The zero-order valence-electron chi connectivity index (χ0n) is 23.8. The van der Waals surface area contributed by atoms with Gasteiger partial charge >= 0.3 is 12.0 Å². The number of benzene rings is 2. The number of aromatic nitrogens is 4. The lowest BCUT2D eigenvalue weighted by Crippen LogP contribution is -2.43. The van der Waals surface area contributed by atoms with Crippen LogP contribution in [0.2, 0.25) is 19.1 Å². The van der Waals surface area contributed by atoms with E-state index in [1.807, 2.05) is 18.2 Å². The molecule has 214 valence electrons. The smallest absolute Gasteiger partial charge is 0.323 e. The van der Waals surface area contributed by atoms with E-state index >= 15 is 0 Å². The second kappa shape index (κ2) is 11.4. The normalized spacial score (nSPS) is 14.6. The molecule has 1 aliphatic heterocycles. The van der Waals surface area contributed by atoms with Gasteiger partial charge in [-0.3, -0.25) is 4.79 Å². The maximum Gasteiger partial charge on any atom is 0.323 e. The first kappa shape index (κ1) is 28.4. The molecule has 5 rings (SSSR count). The summed E-state index contributed by atoms with van der Waals surface area (Å²) in [6, 6.07) is 17.0. The Hall–Kier alpha value is -4.09. The molecule has 0 fully saturated rings. The highest BCUT2D eigenvalue weighted by Crippen LogP contribution is 2.30. The van der Waals surface area contributed by atoms with Crippen LogP contribution in [0.1, 0.15) is 13.8 Å². The predicted molar refractivity (Wildman–Crippen MR) is 154 cm³/mol. The lowest BCUT2D eigenvalue weighted by Gasteiger charge is -2.26. The SMILES string of the molecule is COC(=O)C(C)(C)COc1ccc(-c2ccc3c(c2)[Si](C)(C)CCOCn2nc-3nc2Oc2ccc(F)cc2)cn1. The van der Waals surface area contributed by atoms with Gasteiger partial charge in [0.2, 0.25) is 5.88 Å². The van der Waals surface area contributed by atoms with Gasteiger partial charge in [0.15, 0.2) is 5.82 Å². The van der Waals surface area contributed by atoms with Crippen LogP contribution in [-0.2, 0) is 21.0 Å². The van der Waals surface area contributed by atoms with Gasteiger partial charge in [-0.1, -0.05) is 31.3 Å². The quantitative estimate of drug-likeness (QED) is 0.213. The molecular weight excluding hydrogens is 543 g/mol. The van der Waals surface area contributed by atoms with Crippen molar-refractivity contribution in [3.05, 3.63) is 66.6 Å². The van der Waals surface area contributed by atoms with Crippen LogP contribution in [0.5, 0.6) is 17.6 Å². The molecule has 1 aliphatic rings. The van der Waals surface area contributed by atoms with Crippen molar-refractivity contribution >= 4 is 19.2 Å². The average Bonchev–Trinajstić information content (AvgIpc) is 3.36. The highest BCUT2D eigenvalue weighted by molar-refractivity contribution is 6.90. The van der Waals surface area contributed by atoms with E-state index in [2.05, 4.69) is 24.1 Å². The number of hydrogen-bond donors (Lipinski definition) is 0.